The van der Waals surface area contributed by atoms with Gasteiger partial charge < -0.3 is 46.0 Å². The molecule has 0 aliphatic carbocycles. The highest BCUT2D eigenvalue weighted by Gasteiger charge is 2.17. The number of benzene rings is 8. The summed E-state index contributed by atoms with van der Waals surface area (Å²) in [6.07, 6.45) is 0.594. The quantitative estimate of drug-likeness (QED) is 0.0538. The van der Waals surface area contributed by atoms with Gasteiger partial charge in [-0.2, -0.15) is 0 Å². The molecule has 8 aromatic carbocycles. The van der Waals surface area contributed by atoms with Gasteiger partial charge in [-0.05, 0) is 57.3 Å². The van der Waals surface area contributed by atoms with Crippen molar-refractivity contribution in [3.05, 3.63) is 287 Å². The fourth-order valence-electron chi connectivity index (χ4n) is 5.39. The second-order valence-corrected chi connectivity index (χ2v) is 15.3. The molecule has 10 heteroatoms. The van der Waals surface area contributed by atoms with Crippen molar-refractivity contribution in [2.45, 2.75) is 70.6 Å². The third-order valence-corrected chi connectivity index (χ3v) is 9.76. The molecule has 8 rings (SSSR count). The van der Waals surface area contributed by atoms with E-state index in [1.165, 1.54) is 0 Å². The molecular formula is C60H71ClO9. The van der Waals surface area contributed by atoms with E-state index >= 15 is 0 Å². The number of rotatable bonds is 12. The summed E-state index contributed by atoms with van der Waals surface area (Å²) in [5, 5.41) is 77.9. The summed E-state index contributed by atoms with van der Waals surface area (Å²) in [6, 6.07) is 76.0. The van der Waals surface area contributed by atoms with Gasteiger partial charge in [-0.25, -0.2) is 0 Å². The number of aliphatic hydroxyl groups is 9. The first-order valence-corrected chi connectivity index (χ1v) is 23.2. The molecule has 9 nitrogen and oxygen atoms in total. The molecule has 0 saturated heterocycles. The largest absolute Gasteiger partial charge is 0.396 e. The van der Waals surface area contributed by atoms with Crippen LogP contribution in [0.3, 0.4) is 0 Å². The zero-order valence-corrected chi connectivity index (χ0v) is 40.5. The molecule has 0 aromatic heterocycles. The van der Waals surface area contributed by atoms with E-state index in [2.05, 4.69) is 0 Å². The molecule has 0 spiro atoms. The predicted molar refractivity (Wildman–Crippen MR) is 284 cm³/mol. The fraction of sp³-hybridized carbons (Fsp3) is 0.200. The van der Waals surface area contributed by atoms with Crippen LogP contribution >= 0.6 is 11.6 Å². The van der Waals surface area contributed by atoms with Gasteiger partial charge in [0.05, 0.1) is 57.7 Å². The Balaban J connectivity index is 0.000000404. The van der Waals surface area contributed by atoms with E-state index in [9.17, 15) is 5.11 Å². The van der Waals surface area contributed by atoms with Gasteiger partial charge in [0, 0.05) is 6.61 Å². The predicted octanol–water partition coefficient (Wildman–Crippen LogP) is 10.4. The third kappa shape index (κ3) is 32.4. The molecule has 0 heterocycles. The van der Waals surface area contributed by atoms with Crippen LogP contribution in [0.2, 0.25) is 0 Å². The fourth-order valence-corrected chi connectivity index (χ4v) is 5.69. The summed E-state index contributed by atoms with van der Waals surface area (Å²) < 4.78 is 0. The Hall–Kier alpha value is -6.31. The van der Waals surface area contributed by atoms with E-state index in [0.29, 0.717) is 12.8 Å². The van der Waals surface area contributed by atoms with Gasteiger partial charge in [0.15, 0.2) is 0 Å². The van der Waals surface area contributed by atoms with Crippen LogP contribution in [0.4, 0.5) is 0 Å². The lowest BCUT2D eigenvalue weighted by molar-refractivity contribution is 0.163. The topological polar surface area (TPSA) is 182 Å². The van der Waals surface area contributed by atoms with Gasteiger partial charge in [-0.15, -0.1) is 11.6 Å². The summed E-state index contributed by atoms with van der Waals surface area (Å²) in [6.45, 7) is 1.09. The lowest BCUT2D eigenvalue weighted by Crippen LogP contribution is -2.12. The Bertz CT molecular complexity index is 1880. The van der Waals surface area contributed by atoms with Crippen molar-refractivity contribution in [2.24, 2.45) is 0 Å². The van der Waals surface area contributed by atoms with Crippen LogP contribution in [-0.4, -0.2) is 57.9 Å². The summed E-state index contributed by atoms with van der Waals surface area (Å²) in [5.41, 5.74) is 7.58. The molecule has 8 aromatic rings. The van der Waals surface area contributed by atoms with Crippen molar-refractivity contribution in [1.29, 1.82) is 0 Å². The number of aliphatic hydroxyl groups excluding tert-OH is 9. The summed E-state index contributed by atoms with van der Waals surface area (Å²) >= 11 is 5.98. The first-order chi connectivity index (χ1) is 34.3. The average molecular weight is 972 g/mol. The van der Waals surface area contributed by atoms with E-state index < -0.39 is 6.10 Å². The van der Waals surface area contributed by atoms with Crippen LogP contribution in [0.25, 0.3) is 0 Å². The van der Waals surface area contributed by atoms with Crippen molar-refractivity contribution < 1.29 is 46.0 Å². The number of hydrogen-bond acceptors (Lipinski definition) is 9. The van der Waals surface area contributed by atoms with Gasteiger partial charge in [-0.3, -0.25) is 0 Å². The van der Waals surface area contributed by atoms with Crippen LogP contribution < -0.4 is 0 Å². The van der Waals surface area contributed by atoms with E-state index in [4.69, 9.17) is 52.5 Å². The molecule has 0 amide bonds. The molecule has 0 saturated carbocycles. The molecular weight excluding hydrogens is 900 g/mol. The van der Waals surface area contributed by atoms with Crippen molar-refractivity contribution in [3.63, 3.8) is 0 Å². The van der Waals surface area contributed by atoms with E-state index in [0.717, 1.165) is 44.5 Å². The first kappa shape index (κ1) is 61.7. The maximum absolute atomic E-state index is 9.80. The van der Waals surface area contributed by atoms with Crippen molar-refractivity contribution in [3.8, 4) is 0 Å². The Morgan fingerprint density at radius 1 is 0.271 bits per heavy atom. The Kier molecular flexibility index (Phi) is 38.7. The zero-order valence-electron chi connectivity index (χ0n) is 39.7. The SMILES string of the molecule is OCCCC(Cl)C(O)c1ccccc1.OCc1ccccc1.OCc1ccccc1.OCc1ccccc1.OCc1ccccc1.OCc1ccccc1.OCc1ccccc1.OCc1ccccc1. The van der Waals surface area contributed by atoms with Gasteiger partial charge >= 0.3 is 0 Å². The minimum Gasteiger partial charge on any atom is -0.396 e. The second kappa shape index (κ2) is 43.9. The van der Waals surface area contributed by atoms with E-state index in [-0.39, 0.29) is 58.2 Å². The Labute approximate surface area is 420 Å². The standard InChI is InChI=1S/C11H15ClO2.7C7H8O/c12-10(7-4-8-13)11(14)9-5-2-1-3-6-9;7*8-6-7-4-2-1-3-5-7/h1-3,5-6,10-11,13-14H,4,7-8H2;7*1-5,8H,6H2. The van der Waals surface area contributed by atoms with Crippen molar-refractivity contribution in [1.82, 2.24) is 0 Å². The molecule has 0 fully saturated rings. The third-order valence-electron chi connectivity index (χ3n) is 9.30. The number of hydrogen-bond donors (Lipinski definition) is 9. The van der Waals surface area contributed by atoms with Gasteiger partial charge in [0.2, 0.25) is 0 Å². The smallest absolute Gasteiger partial charge is 0.0953 e. The van der Waals surface area contributed by atoms with Crippen LogP contribution in [-0.2, 0) is 46.2 Å². The molecule has 0 radical (unpaired) electrons. The van der Waals surface area contributed by atoms with Crippen LogP contribution in [0.5, 0.6) is 0 Å². The lowest BCUT2D eigenvalue weighted by atomic mass is 10.0. The first-order valence-electron chi connectivity index (χ1n) is 22.8. The monoisotopic (exact) mass is 970 g/mol. The van der Waals surface area contributed by atoms with E-state index in [1.54, 1.807) is 0 Å². The summed E-state index contributed by atoms with van der Waals surface area (Å²) in [4.78, 5) is 0. The lowest BCUT2D eigenvalue weighted by Gasteiger charge is -2.16. The highest BCUT2D eigenvalue weighted by atomic mass is 35.5. The molecule has 0 bridgehead atoms. The van der Waals surface area contributed by atoms with Crippen LogP contribution in [0.15, 0.2) is 243 Å². The van der Waals surface area contributed by atoms with Crippen LogP contribution in [0, 0.1) is 0 Å². The number of halogens is 1. The second-order valence-electron chi connectivity index (χ2n) is 14.7. The highest BCUT2D eigenvalue weighted by Crippen LogP contribution is 2.24. The summed E-state index contributed by atoms with van der Waals surface area (Å²) in [7, 11) is 0. The molecule has 9 N–H and O–H groups in total. The maximum Gasteiger partial charge on any atom is 0.0953 e. The van der Waals surface area contributed by atoms with Crippen molar-refractivity contribution >= 4 is 11.6 Å². The van der Waals surface area contributed by atoms with Crippen LogP contribution in [0.1, 0.15) is 63.5 Å². The van der Waals surface area contributed by atoms with Gasteiger partial charge in [0.25, 0.3) is 0 Å². The molecule has 2 atom stereocenters. The molecule has 2 unspecified atom stereocenters. The Morgan fingerprint density at radius 3 is 0.586 bits per heavy atom. The molecule has 70 heavy (non-hydrogen) atoms. The highest BCUT2D eigenvalue weighted by molar-refractivity contribution is 6.21. The summed E-state index contributed by atoms with van der Waals surface area (Å²) in [5.74, 6) is 0. The van der Waals surface area contributed by atoms with Gasteiger partial charge in [0.1, 0.15) is 0 Å². The number of alkyl halides is 1. The van der Waals surface area contributed by atoms with Gasteiger partial charge in [-0.1, -0.05) is 243 Å². The van der Waals surface area contributed by atoms with Crippen molar-refractivity contribution in [2.75, 3.05) is 6.61 Å². The Morgan fingerprint density at radius 2 is 0.443 bits per heavy atom. The zero-order chi connectivity index (χ0) is 51.1. The molecule has 0 aliphatic rings. The minimum absolute atomic E-state index is 0.116. The van der Waals surface area contributed by atoms with E-state index in [1.807, 2.05) is 243 Å². The normalized spacial score (nSPS) is 10.3. The molecule has 0 aliphatic heterocycles. The molecule has 372 valence electrons. The maximum atomic E-state index is 9.80. The minimum atomic E-state index is -0.649. The average Bonchev–Trinajstić information content (AvgIpc) is 3.47.